The Hall–Kier alpha value is -2.63. The molecular formula is C16H11F3N2O. The molecule has 112 valence electrons. The fourth-order valence-corrected chi connectivity index (χ4v) is 1.96. The first-order valence-corrected chi connectivity index (χ1v) is 6.52. The van der Waals surface area contributed by atoms with Gasteiger partial charge in [-0.15, -0.1) is 0 Å². The summed E-state index contributed by atoms with van der Waals surface area (Å²) >= 11 is 0. The Bertz CT molecular complexity index is 774. The lowest BCUT2D eigenvalue weighted by atomic mass is 10.1. The van der Waals surface area contributed by atoms with Crippen LogP contribution in [0.3, 0.4) is 0 Å². The number of aryl methyl sites for hydroxylation is 1. The third-order valence-corrected chi connectivity index (χ3v) is 3.19. The number of rotatable bonds is 2. The van der Waals surface area contributed by atoms with Crippen LogP contribution in [0.4, 0.5) is 13.2 Å². The van der Waals surface area contributed by atoms with Gasteiger partial charge in [-0.2, -0.15) is 18.2 Å². The zero-order valence-electron chi connectivity index (χ0n) is 11.6. The van der Waals surface area contributed by atoms with Gasteiger partial charge < -0.3 is 4.52 Å². The van der Waals surface area contributed by atoms with Crippen molar-refractivity contribution in [2.45, 2.75) is 13.1 Å². The molecule has 1 heterocycles. The van der Waals surface area contributed by atoms with Gasteiger partial charge in [0.15, 0.2) is 0 Å². The quantitative estimate of drug-likeness (QED) is 0.687. The van der Waals surface area contributed by atoms with E-state index in [1.165, 1.54) is 12.1 Å². The van der Waals surface area contributed by atoms with E-state index in [1.54, 1.807) is 0 Å². The number of nitrogens with zero attached hydrogens (tertiary/aromatic N) is 2. The van der Waals surface area contributed by atoms with Crippen molar-refractivity contribution in [2.75, 3.05) is 0 Å². The first kappa shape index (κ1) is 14.3. The third-order valence-electron chi connectivity index (χ3n) is 3.19. The number of hydrogen-bond acceptors (Lipinski definition) is 3. The number of aromatic nitrogens is 2. The lowest BCUT2D eigenvalue weighted by Gasteiger charge is -2.05. The highest BCUT2D eigenvalue weighted by Gasteiger charge is 2.30. The summed E-state index contributed by atoms with van der Waals surface area (Å²) in [5, 5.41) is 3.86. The minimum atomic E-state index is -4.36. The van der Waals surface area contributed by atoms with Crippen LogP contribution in [0.2, 0.25) is 0 Å². The summed E-state index contributed by atoms with van der Waals surface area (Å²) in [4.78, 5) is 4.21. The highest BCUT2D eigenvalue weighted by molar-refractivity contribution is 5.60. The number of benzene rings is 2. The van der Waals surface area contributed by atoms with Crippen LogP contribution in [0.15, 0.2) is 53.1 Å². The second kappa shape index (κ2) is 5.29. The zero-order valence-corrected chi connectivity index (χ0v) is 11.6. The van der Waals surface area contributed by atoms with E-state index in [9.17, 15) is 13.2 Å². The SMILES string of the molecule is Cc1ccc(-c2noc(-c3ccc(C(F)(F)F)cc3)n2)cc1. The van der Waals surface area contributed by atoms with Crippen LogP contribution in [0, 0.1) is 6.92 Å². The van der Waals surface area contributed by atoms with E-state index in [0.29, 0.717) is 11.4 Å². The minimum absolute atomic E-state index is 0.185. The molecule has 0 spiro atoms. The predicted octanol–water partition coefficient (Wildman–Crippen LogP) is 4.73. The average molecular weight is 304 g/mol. The van der Waals surface area contributed by atoms with E-state index in [4.69, 9.17) is 4.52 Å². The van der Waals surface area contributed by atoms with Crippen molar-refractivity contribution >= 4 is 0 Å². The van der Waals surface area contributed by atoms with E-state index >= 15 is 0 Å². The molecule has 22 heavy (non-hydrogen) atoms. The Balaban J connectivity index is 1.89. The summed E-state index contributed by atoms with van der Waals surface area (Å²) in [5.41, 5.74) is 1.62. The molecule has 0 saturated heterocycles. The Morgan fingerprint density at radius 2 is 1.45 bits per heavy atom. The molecule has 0 atom stereocenters. The number of halogens is 3. The molecule has 0 bridgehead atoms. The van der Waals surface area contributed by atoms with Gasteiger partial charge in [0, 0.05) is 11.1 Å². The van der Waals surface area contributed by atoms with Crippen molar-refractivity contribution in [3.63, 3.8) is 0 Å². The summed E-state index contributed by atoms with van der Waals surface area (Å²) in [7, 11) is 0. The molecule has 1 aromatic heterocycles. The number of hydrogen-bond donors (Lipinski definition) is 0. The summed E-state index contributed by atoms with van der Waals surface area (Å²) < 4.78 is 42.7. The van der Waals surface area contributed by atoms with Gasteiger partial charge in [0.1, 0.15) is 0 Å². The molecule has 0 fully saturated rings. The van der Waals surface area contributed by atoms with Crippen LogP contribution in [0.5, 0.6) is 0 Å². The molecule has 6 heteroatoms. The van der Waals surface area contributed by atoms with Crippen molar-refractivity contribution < 1.29 is 17.7 Å². The van der Waals surface area contributed by atoms with Gasteiger partial charge in [-0.25, -0.2) is 0 Å². The van der Waals surface area contributed by atoms with Crippen LogP contribution < -0.4 is 0 Å². The summed E-state index contributed by atoms with van der Waals surface area (Å²) in [5.74, 6) is 0.583. The average Bonchev–Trinajstić information content (AvgIpc) is 2.97. The fraction of sp³-hybridized carbons (Fsp3) is 0.125. The Kier molecular flexibility index (Phi) is 3.44. The molecule has 0 aliphatic carbocycles. The lowest BCUT2D eigenvalue weighted by Crippen LogP contribution is -2.03. The number of alkyl halides is 3. The fourth-order valence-electron chi connectivity index (χ4n) is 1.96. The van der Waals surface area contributed by atoms with Gasteiger partial charge in [-0.1, -0.05) is 35.0 Å². The molecule has 0 amide bonds. The normalized spacial score (nSPS) is 11.6. The Morgan fingerprint density at radius 1 is 0.864 bits per heavy atom. The largest absolute Gasteiger partial charge is 0.416 e. The molecule has 3 aromatic rings. The second-order valence-corrected chi connectivity index (χ2v) is 4.86. The van der Waals surface area contributed by atoms with E-state index in [1.807, 2.05) is 31.2 Å². The standard InChI is InChI=1S/C16H11F3N2O/c1-10-2-4-11(5-3-10)14-20-15(22-21-14)12-6-8-13(9-7-12)16(17,18)19/h2-9H,1H3. The molecule has 0 N–H and O–H groups in total. The predicted molar refractivity (Wildman–Crippen MR) is 74.9 cm³/mol. The Labute approximate surface area is 124 Å². The molecule has 0 unspecified atom stereocenters. The topological polar surface area (TPSA) is 38.9 Å². The molecule has 0 radical (unpaired) electrons. The van der Waals surface area contributed by atoms with Crippen LogP contribution in [-0.2, 0) is 6.18 Å². The lowest BCUT2D eigenvalue weighted by molar-refractivity contribution is -0.137. The molecular weight excluding hydrogens is 293 g/mol. The molecule has 2 aromatic carbocycles. The van der Waals surface area contributed by atoms with Crippen LogP contribution in [0.25, 0.3) is 22.8 Å². The minimum Gasteiger partial charge on any atom is -0.334 e. The molecule has 0 saturated carbocycles. The highest BCUT2D eigenvalue weighted by Crippen LogP contribution is 2.31. The van der Waals surface area contributed by atoms with E-state index < -0.39 is 11.7 Å². The first-order valence-electron chi connectivity index (χ1n) is 6.52. The van der Waals surface area contributed by atoms with Crippen molar-refractivity contribution in [2.24, 2.45) is 0 Å². The van der Waals surface area contributed by atoms with Crippen LogP contribution in [0.1, 0.15) is 11.1 Å². The molecule has 0 aliphatic heterocycles. The van der Waals surface area contributed by atoms with Crippen LogP contribution in [-0.4, -0.2) is 10.1 Å². The Morgan fingerprint density at radius 3 is 2.05 bits per heavy atom. The van der Waals surface area contributed by atoms with Crippen LogP contribution >= 0.6 is 0 Å². The van der Waals surface area contributed by atoms with E-state index in [2.05, 4.69) is 10.1 Å². The van der Waals surface area contributed by atoms with Gasteiger partial charge >= 0.3 is 6.18 Å². The van der Waals surface area contributed by atoms with E-state index in [0.717, 1.165) is 23.3 Å². The monoisotopic (exact) mass is 304 g/mol. The van der Waals surface area contributed by atoms with Gasteiger partial charge in [-0.05, 0) is 31.2 Å². The zero-order chi connectivity index (χ0) is 15.7. The van der Waals surface area contributed by atoms with Crippen molar-refractivity contribution in [3.05, 3.63) is 59.7 Å². The van der Waals surface area contributed by atoms with Gasteiger partial charge in [0.25, 0.3) is 5.89 Å². The smallest absolute Gasteiger partial charge is 0.334 e. The molecule has 3 rings (SSSR count). The first-order chi connectivity index (χ1) is 10.4. The highest BCUT2D eigenvalue weighted by atomic mass is 19.4. The maximum absolute atomic E-state index is 12.5. The maximum Gasteiger partial charge on any atom is 0.416 e. The maximum atomic E-state index is 12.5. The van der Waals surface area contributed by atoms with Gasteiger partial charge in [0.05, 0.1) is 5.56 Å². The molecule has 0 aliphatic rings. The van der Waals surface area contributed by atoms with E-state index in [-0.39, 0.29) is 5.89 Å². The summed E-state index contributed by atoms with van der Waals surface area (Å²) in [6.07, 6.45) is -4.36. The van der Waals surface area contributed by atoms with Gasteiger partial charge in [-0.3, -0.25) is 0 Å². The van der Waals surface area contributed by atoms with Crippen molar-refractivity contribution in [1.29, 1.82) is 0 Å². The summed E-state index contributed by atoms with van der Waals surface area (Å²) in [6.45, 7) is 1.97. The summed E-state index contributed by atoms with van der Waals surface area (Å²) in [6, 6.07) is 12.2. The van der Waals surface area contributed by atoms with Crippen molar-refractivity contribution in [3.8, 4) is 22.8 Å². The second-order valence-electron chi connectivity index (χ2n) is 4.86. The molecule has 3 nitrogen and oxygen atoms in total. The van der Waals surface area contributed by atoms with Crippen molar-refractivity contribution in [1.82, 2.24) is 10.1 Å². The van der Waals surface area contributed by atoms with Gasteiger partial charge in [0.2, 0.25) is 5.82 Å². The third kappa shape index (κ3) is 2.86.